The van der Waals surface area contributed by atoms with E-state index in [0.29, 0.717) is 0 Å². The zero-order chi connectivity index (χ0) is 9.57. The van der Waals surface area contributed by atoms with Crippen molar-refractivity contribution >= 4 is 0 Å². The standard InChI is InChI=1S/C10H20O2/c1-9(2)5-8(12)7(6-11)10(9,3)4/h7-8,11-12H,5-6H2,1-4H3/t7-,8+/m1/s1. The Hall–Kier alpha value is -0.0800. The molecule has 0 unspecified atom stereocenters. The fourth-order valence-electron chi connectivity index (χ4n) is 2.26. The van der Waals surface area contributed by atoms with E-state index in [4.69, 9.17) is 5.11 Å². The lowest BCUT2D eigenvalue weighted by Gasteiger charge is -2.38. The van der Waals surface area contributed by atoms with E-state index in [1.165, 1.54) is 0 Å². The monoisotopic (exact) mass is 172 g/mol. The van der Waals surface area contributed by atoms with Crippen LogP contribution in [0.1, 0.15) is 34.1 Å². The Morgan fingerprint density at radius 3 is 1.92 bits per heavy atom. The molecule has 0 heterocycles. The van der Waals surface area contributed by atoms with Crippen molar-refractivity contribution in [2.45, 2.75) is 40.2 Å². The topological polar surface area (TPSA) is 40.5 Å². The number of hydrogen-bond donors (Lipinski definition) is 2. The molecule has 1 saturated carbocycles. The van der Waals surface area contributed by atoms with Crippen molar-refractivity contribution in [3.63, 3.8) is 0 Å². The minimum absolute atomic E-state index is 0.0289. The van der Waals surface area contributed by atoms with Crippen molar-refractivity contribution in [2.24, 2.45) is 16.7 Å². The lowest BCUT2D eigenvalue weighted by atomic mass is 9.67. The van der Waals surface area contributed by atoms with Crippen LogP contribution < -0.4 is 0 Å². The highest BCUT2D eigenvalue weighted by Gasteiger charge is 2.52. The third kappa shape index (κ3) is 1.17. The van der Waals surface area contributed by atoms with Crippen molar-refractivity contribution in [2.75, 3.05) is 6.61 Å². The lowest BCUT2D eigenvalue weighted by molar-refractivity contribution is 0.0293. The van der Waals surface area contributed by atoms with Gasteiger partial charge >= 0.3 is 0 Å². The maximum absolute atomic E-state index is 9.70. The van der Waals surface area contributed by atoms with E-state index < -0.39 is 0 Å². The van der Waals surface area contributed by atoms with Gasteiger partial charge in [-0.25, -0.2) is 0 Å². The molecule has 0 aliphatic heterocycles. The lowest BCUT2D eigenvalue weighted by Crippen LogP contribution is -2.34. The fourth-order valence-corrected chi connectivity index (χ4v) is 2.26. The Labute approximate surface area is 74.6 Å². The molecule has 0 saturated heterocycles. The molecule has 0 amide bonds. The number of rotatable bonds is 1. The van der Waals surface area contributed by atoms with Crippen LogP contribution in [0.3, 0.4) is 0 Å². The van der Waals surface area contributed by atoms with Crippen molar-refractivity contribution in [3.8, 4) is 0 Å². The van der Waals surface area contributed by atoms with Crippen molar-refractivity contribution in [1.29, 1.82) is 0 Å². The normalized spacial score (nSPS) is 38.5. The predicted molar refractivity (Wildman–Crippen MR) is 48.8 cm³/mol. The number of aliphatic hydroxyl groups excluding tert-OH is 2. The van der Waals surface area contributed by atoms with Crippen LogP contribution in [0.5, 0.6) is 0 Å². The van der Waals surface area contributed by atoms with Crippen LogP contribution in [-0.2, 0) is 0 Å². The Bertz CT molecular complexity index is 173. The van der Waals surface area contributed by atoms with Crippen LogP contribution in [0.2, 0.25) is 0 Å². The van der Waals surface area contributed by atoms with Gasteiger partial charge in [-0.05, 0) is 17.3 Å². The molecule has 0 aromatic rings. The van der Waals surface area contributed by atoms with E-state index in [9.17, 15) is 5.11 Å². The van der Waals surface area contributed by atoms with Gasteiger partial charge in [-0.3, -0.25) is 0 Å². The summed E-state index contributed by atoms with van der Waals surface area (Å²) in [4.78, 5) is 0. The van der Waals surface area contributed by atoms with Gasteiger partial charge in [0.2, 0.25) is 0 Å². The second kappa shape index (κ2) is 2.71. The summed E-state index contributed by atoms with van der Waals surface area (Å²) in [5.41, 5.74) is 0.154. The molecule has 2 atom stereocenters. The molecule has 1 aliphatic rings. The van der Waals surface area contributed by atoms with E-state index in [0.717, 1.165) is 6.42 Å². The van der Waals surface area contributed by atoms with Crippen LogP contribution in [0, 0.1) is 16.7 Å². The maximum atomic E-state index is 9.70. The van der Waals surface area contributed by atoms with Crippen LogP contribution >= 0.6 is 0 Å². The highest BCUT2D eigenvalue weighted by Crippen LogP contribution is 2.55. The zero-order valence-electron chi connectivity index (χ0n) is 8.46. The van der Waals surface area contributed by atoms with E-state index in [2.05, 4.69) is 27.7 Å². The van der Waals surface area contributed by atoms with Crippen molar-refractivity contribution in [3.05, 3.63) is 0 Å². The molecule has 0 radical (unpaired) electrons. The molecule has 12 heavy (non-hydrogen) atoms. The van der Waals surface area contributed by atoms with Gasteiger partial charge in [-0.1, -0.05) is 27.7 Å². The van der Waals surface area contributed by atoms with E-state index >= 15 is 0 Å². The minimum Gasteiger partial charge on any atom is -0.396 e. The van der Waals surface area contributed by atoms with E-state index in [1.54, 1.807) is 0 Å². The quantitative estimate of drug-likeness (QED) is 0.628. The largest absolute Gasteiger partial charge is 0.396 e. The molecule has 1 fully saturated rings. The first-order chi connectivity index (χ1) is 5.33. The molecule has 1 aliphatic carbocycles. The third-order valence-corrected chi connectivity index (χ3v) is 4.05. The van der Waals surface area contributed by atoms with Crippen LogP contribution in [0.15, 0.2) is 0 Å². The molecular weight excluding hydrogens is 152 g/mol. The van der Waals surface area contributed by atoms with Gasteiger partial charge in [0.25, 0.3) is 0 Å². The van der Waals surface area contributed by atoms with Gasteiger partial charge < -0.3 is 10.2 Å². The van der Waals surface area contributed by atoms with Crippen molar-refractivity contribution < 1.29 is 10.2 Å². The molecule has 0 aromatic heterocycles. The zero-order valence-corrected chi connectivity index (χ0v) is 8.46. The molecule has 0 spiro atoms. The average molecular weight is 172 g/mol. The Balaban J connectivity index is 2.92. The summed E-state index contributed by atoms with van der Waals surface area (Å²) in [5.74, 6) is 0.0347. The molecule has 0 bridgehead atoms. The van der Waals surface area contributed by atoms with Gasteiger partial charge in [0.15, 0.2) is 0 Å². The van der Waals surface area contributed by atoms with Gasteiger partial charge in [0.1, 0.15) is 0 Å². The molecule has 2 heteroatoms. The van der Waals surface area contributed by atoms with Crippen LogP contribution in [-0.4, -0.2) is 22.9 Å². The van der Waals surface area contributed by atoms with Crippen LogP contribution in [0.25, 0.3) is 0 Å². The SMILES string of the molecule is CC1(C)C[C@H](O)[C@@H](CO)C1(C)C. The summed E-state index contributed by atoms with van der Waals surface area (Å²) in [5, 5.41) is 18.8. The first-order valence-electron chi connectivity index (χ1n) is 4.62. The Morgan fingerprint density at radius 1 is 1.25 bits per heavy atom. The average Bonchev–Trinajstić information content (AvgIpc) is 1.99. The van der Waals surface area contributed by atoms with Gasteiger partial charge in [0, 0.05) is 12.5 Å². The molecule has 72 valence electrons. The van der Waals surface area contributed by atoms with Gasteiger partial charge in [0.05, 0.1) is 6.10 Å². The fraction of sp³-hybridized carbons (Fsp3) is 1.00. The summed E-state index contributed by atoms with van der Waals surface area (Å²) in [6.07, 6.45) is 0.464. The van der Waals surface area contributed by atoms with Gasteiger partial charge in [-0.15, -0.1) is 0 Å². The summed E-state index contributed by atoms with van der Waals surface area (Å²) >= 11 is 0. The van der Waals surface area contributed by atoms with E-state index in [1.807, 2.05) is 0 Å². The second-order valence-corrected chi connectivity index (χ2v) is 5.17. The highest BCUT2D eigenvalue weighted by atomic mass is 16.3. The Kier molecular flexibility index (Phi) is 2.26. The molecule has 0 aromatic carbocycles. The number of hydrogen-bond acceptors (Lipinski definition) is 2. The molecule has 2 nitrogen and oxygen atoms in total. The summed E-state index contributed by atoms with van der Waals surface area (Å²) in [6, 6.07) is 0. The molecule has 1 rings (SSSR count). The summed E-state index contributed by atoms with van der Waals surface area (Å²) < 4.78 is 0. The Morgan fingerprint density at radius 2 is 1.75 bits per heavy atom. The second-order valence-electron chi connectivity index (χ2n) is 5.17. The van der Waals surface area contributed by atoms with Crippen molar-refractivity contribution in [1.82, 2.24) is 0 Å². The summed E-state index contributed by atoms with van der Waals surface area (Å²) in [6.45, 7) is 8.67. The highest BCUT2D eigenvalue weighted by molar-refractivity contribution is 5.01. The van der Waals surface area contributed by atoms with E-state index in [-0.39, 0.29) is 29.5 Å². The first-order valence-corrected chi connectivity index (χ1v) is 4.62. The predicted octanol–water partition coefficient (Wildman–Crippen LogP) is 1.41. The smallest absolute Gasteiger partial charge is 0.0600 e. The minimum atomic E-state index is -0.333. The third-order valence-electron chi connectivity index (χ3n) is 4.05. The molecule has 2 N–H and O–H groups in total. The van der Waals surface area contributed by atoms with Gasteiger partial charge in [-0.2, -0.15) is 0 Å². The first kappa shape index (κ1) is 10.0. The maximum Gasteiger partial charge on any atom is 0.0600 e. The number of aliphatic hydroxyl groups is 2. The summed E-state index contributed by atoms with van der Waals surface area (Å²) in [7, 11) is 0. The van der Waals surface area contributed by atoms with Crippen LogP contribution in [0.4, 0.5) is 0 Å². The molecular formula is C10H20O2.